The smallest absolute Gasteiger partial charge is 0.0541 e. The van der Waals surface area contributed by atoms with Crippen LogP contribution in [0.4, 0.5) is 0 Å². The van der Waals surface area contributed by atoms with Gasteiger partial charge in [-0.05, 0) is 110 Å². The van der Waals surface area contributed by atoms with Crippen molar-refractivity contribution in [1.29, 1.82) is 0 Å². The second kappa shape index (κ2) is 11.3. The first-order chi connectivity index (χ1) is 26.1. The highest BCUT2D eigenvalue weighted by atomic mass is 15.0. The number of aryl methyl sites for hydroxylation is 2. The summed E-state index contributed by atoms with van der Waals surface area (Å²) in [6, 6.07) is 64.8. The Morgan fingerprint density at radius 3 is 1.17 bits per heavy atom. The van der Waals surface area contributed by atoms with Crippen LogP contribution in [-0.4, -0.2) is 13.7 Å². The van der Waals surface area contributed by atoms with Crippen LogP contribution in [0.15, 0.2) is 176 Å². The molecule has 53 heavy (non-hydrogen) atoms. The number of benzene rings is 8. The molecule has 0 saturated carbocycles. The van der Waals surface area contributed by atoms with Gasteiger partial charge in [0.1, 0.15) is 0 Å². The normalized spacial score (nSPS) is 12.0. The van der Waals surface area contributed by atoms with Crippen LogP contribution in [0.5, 0.6) is 0 Å². The van der Waals surface area contributed by atoms with Crippen LogP contribution in [-0.2, 0) is 0 Å². The minimum absolute atomic E-state index is 1.14. The summed E-state index contributed by atoms with van der Waals surface area (Å²) in [5.41, 5.74) is 15.7. The van der Waals surface area contributed by atoms with E-state index in [1.807, 2.05) is 0 Å². The van der Waals surface area contributed by atoms with Gasteiger partial charge in [0.15, 0.2) is 0 Å². The molecular weight excluding hydrogens is 643 g/mol. The molecular formula is C50H35N3. The van der Waals surface area contributed by atoms with Gasteiger partial charge in [-0.15, -0.1) is 0 Å². The average Bonchev–Trinajstić information content (AvgIpc) is 3.83. The van der Waals surface area contributed by atoms with E-state index in [0.717, 1.165) is 11.4 Å². The van der Waals surface area contributed by atoms with Gasteiger partial charge in [-0.25, -0.2) is 0 Å². The second-order valence-electron chi connectivity index (χ2n) is 14.4. The molecule has 0 amide bonds. The molecule has 0 saturated heterocycles. The Labute approximate surface area is 307 Å². The predicted octanol–water partition coefficient (Wildman–Crippen LogP) is 13.3. The van der Waals surface area contributed by atoms with Gasteiger partial charge in [0, 0.05) is 49.4 Å². The van der Waals surface area contributed by atoms with Crippen LogP contribution < -0.4 is 0 Å². The maximum absolute atomic E-state index is 2.42. The molecule has 0 aliphatic rings. The lowest BCUT2D eigenvalue weighted by atomic mass is 10.0. The number of nitrogens with zero attached hydrogens (tertiary/aromatic N) is 3. The Bertz CT molecular complexity index is 3150. The first kappa shape index (κ1) is 29.8. The third kappa shape index (κ3) is 4.47. The van der Waals surface area contributed by atoms with Crippen molar-refractivity contribution in [3.63, 3.8) is 0 Å². The van der Waals surface area contributed by atoms with Gasteiger partial charge in [0.05, 0.1) is 33.1 Å². The summed E-state index contributed by atoms with van der Waals surface area (Å²) in [6.07, 6.45) is 0. The zero-order valence-corrected chi connectivity index (χ0v) is 29.6. The average molecular weight is 678 g/mol. The van der Waals surface area contributed by atoms with Crippen molar-refractivity contribution < 1.29 is 0 Å². The van der Waals surface area contributed by atoms with Crippen LogP contribution in [0.2, 0.25) is 0 Å². The Morgan fingerprint density at radius 1 is 0.264 bits per heavy atom. The summed E-state index contributed by atoms with van der Waals surface area (Å²) < 4.78 is 7.23. The molecule has 11 rings (SSSR count). The van der Waals surface area contributed by atoms with Crippen molar-refractivity contribution in [2.45, 2.75) is 13.8 Å². The van der Waals surface area contributed by atoms with Crippen LogP contribution in [0.1, 0.15) is 11.1 Å². The fourth-order valence-electron chi connectivity index (χ4n) is 8.76. The van der Waals surface area contributed by atoms with Gasteiger partial charge in [-0.1, -0.05) is 102 Å². The van der Waals surface area contributed by atoms with Gasteiger partial charge in [-0.3, -0.25) is 0 Å². The molecule has 3 heteroatoms. The quantitative estimate of drug-likeness (QED) is 0.176. The van der Waals surface area contributed by atoms with Crippen molar-refractivity contribution in [2.24, 2.45) is 0 Å². The molecule has 0 aliphatic carbocycles. The van der Waals surface area contributed by atoms with E-state index in [0.29, 0.717) is 0 Å². The summed E-state index contributed by atoms with van der Waals surface area (Å²) in [7, 11) is 0. The van der Waals surface area contributed by atoms with E-state index in [2.05, 4.69) is 203 Å². The molecule has 3 heterocycles. The van der Waals surface area contributed by atoms with Crippen LogP contribution in [0.3, 0.4) is 0 Å². The minimum Gasteiger partial charge on any atom is -0.309 e. The van der Waals surface area contributed by atoms with E-state index in [-0.39, 0.29) is 0 Å². The van der Waals surface area contributed by atoms with Gasteiger partial charge < -0.3 is 13.7 Å². The Kier molecular flexibility index (Phi) is 6.38. The van der Waals surface area contributed by atoms with Gasteiger partial charge in [0.2, 0.25) is 0 Å². The molecule has 3 nitrogen and oxygen atoms in total. The van der Waals surface area contributed by atoms with E-state index in [4.69, 9.17) is 0 Å². The van der Waals surface area contributed by atoms with Crippen molar-refractivity contribution in [3.05, 3.63) is 187 Å². The molecule has 0 spiro atoms. The van der Waals surface area contributed by atoms with E-state index in [1.165, 1.54) is 93.4 Å². The zero-order valence-electron chi connectivity index (χ0n) is 29.6. The van der Waals surface area contributed by atoms with Crippen LogP contribution >= 0.6 is 0 Å². The molecule has 250 valence electrons. The Hall–Kier alpha value is -6.84. The predicted molar refractivity (Wildman–Crippen MR) is 224 cm³/mol. The molecule has 0 fully saturated rings. The standard InChI is InChI=1S/C50H35N3/c1-32-21-24-48-42(27-32)43-28-33(2)22-25-49(43)51(48)36-12-9-11-34(29-36)35-23-26-50-44(30-35)41-17-5-8-20-47(41)53(50)38-14-10-13-37(31-38)52-45-18-6-3-15-39(45)40-16-4-7-19-46(40)52/h3-31H,1-2H3. The highest BCUT2D eigenvalue weighted by molar-refractivity contribution is 6.12. The van der Waals surface area contributed by atoms with Gasteiger partial charge in [0.25, 0.3) is 0 Å². The zero-order chi connectivity index (χ0) is 35.2. The lowest BCUT2D eigenvalue weighted by molar-refractivity contribution is 1.13. The lowest BCUT2D eigenvalue weighted by Crippen LogP contribution is -1.98. The molecule has 3 aromatic heterocycles. The molecule has 0 N–H and O–H groups in total. The van der Waals surface area contributed by atoms with Crippen molar-refractivity contribution >= 4 is 65.4 Å². The highest BCUT2D eigenvalue weighted by Crippen LogP contribution is 2.38. The highest BCUT2D eigenvalue weighted by Gasteiger charge is 2.17. The van der Waals surface area contributed by atoms with E-state index in [1.54, 1.807) is 0 Å². The first-order valence-corrected chi connectivity index (χ1v) is 18.4. The summed E-state index contributed by atoms with van der Waals surface area (Å²) in [5, 5.41) is 7.62. The molecule has 0 atom stereocenters. The second-order valence-corrected chi connectivity index (χ2v) is 14.4. The number of rotatable bonds is 4. The number of fused-ring (bicyclic) bond motifs is 9. The molecule has 0 radical (unpaired) electrons. The summed E-state index contributed by atoms with van der Waals surface area (Å²) in [5.74, 6) is 0. The van der Waals surface area contributed by atoms with E-state index in [9.17, 15) is 0 Å². The minimum atomic E-state index is 1.14. The van der Waals surface area contributed by atoms with E-state index >= 15 is 0 Å². The van der Waals surface area contributed by atoms with E-state index < -0.39 is 0 Å². The maximum atomic E-state index is 2.42. The largest absolute Gasteiger partial charge is 0.309 e. The topological polar surface area (TPSA) is 14.8 Å². The summed E-state index contributed by atoms with van der Waals surface area (Å²) in [4.78, 5) is 0. The maximum Gasteiger partial charge on any atom is 0.0541 e. The lowest BCUT2D eigenvalue weighted by Gasteiger charge is -2.13. The van der Waals surface area contributed by atoms with Crippen molar-refractivity contribution in [2.75, 3.05) is 0 Å². The molecule has 0 unspecified atom stereocenters. The fourth-order valence-corrected chi connectivity index (χ4v) is 8.76. The third-order valence-corrected chi connectivity index (χ3v) is 11.1. The number of aromatic nitrogens is 3. The van der Waals surface area contributed by atoms with Crippen molar-refractivity contribution in [1.82, 2.24) is 13.7 Å². The first-order valence-electron chi connectivity index (χ1n) is 18.4. The monoisotopic (exact) mass is 677 g/mol. The number of para-hydroxylation sites is 3. The fraction of sp³-hybridized carbons (Fsp3) is 0.0400. The third-order valence-electron chi connectivity index (χ3n) is 11.1. The van der Waals surface area contributed by atoms with Crippen LogP contribution in [0, 0.1) is 13.8 Å². The molecule has 0 aliphatic heterocycles. The Balaban J connectivity index is 1.07. The number of hydrogen-bond acceptors (Lipinski definition) is 0. The van der Waals surface area contributed by atoms with Gasteiger partial charge >= 0.3 is 0 Å². The van der Waals surface area contributed by atoms with Crippen molar-refractivity contribution in [3.8, 4) is 28.2 Å². The molecule has 0 bridgehead atoms. The summed E-state index contributed by atoms with van der Waals surface area (Å²) >= 11 is 0. The Morgan fingerprint density at radius 2 is 0.642 bits per heavy atom. The molecule has 8 aromatic carbocycles. The SMILES string of the molecule is Cc1ccc2c(c1)c1cc(C)ccc1n2-c1cccc(-c2ccc3c(c2)c2ccccc2n3-c2cccc(-n3c4ccccc4c4ccccc43)c2)c1. The molecule has 11 aromatic rings. The van der Waals surface area contributed by atoms with Gasteiger partial charge in [-0.2, -0.15) is 0 Å². The number of hydrogen-bond donors (Lipinski definition) is 0. The summed E-state index contributed by atoms with van der Waals surface area (Å²) in [6.45, 7) is 4.35. The van der Waals surface area contributed by atoms with Crippen LogP contribution in [0.25, 0.3) is 93.6 Å².